The predicted octanol–water partition coefficient (Wildman–Crippen LogP) is 5.44. The van der Waals surface area contributed by atoms with Crippen molar-refractivity contribution >= 4 is 40.4 Å². The number of hydrogen-bond acceptors (Lipinski definition) is 5. The van der Waals surface area contributed by atoms with Gasteiger partial charge in [0, 0.05) is 57.3 Å². The van der Waals surface area contributed by atoms with E-state index in [4.69, 9.17) is 4.98 Å². The zero-order valence-corrected chi connectivity index (χ0v) is 25.4. The molecule has 9 heteroatoms. The van der Waals surface area contributed by atoms with Crippen LogP contribution in [-0.2, 0) is 22.7 Å². The van der Waals surface area contributed by atoms with Gasteiger partial charge in [0.05, 0.1) is 11.0 Å². The number of nitrogens with one attached hydrogen (secondary N) is 1. The lowest BCUT2D eigenvalue weighted by molar-refractivity contribution is -0.127. The summed E-state index contributed by atoms with van der Waals surface area (Å²) in [6.07, 6.45) is 10.1. The molecule has 2 aromatic carbocycles. The van der Waals surface area contributed by atoms with E-state index < -0.39 is 0 Å². The van der Waals surface area contributed by atoms with Crippen LogP contribution in [0, 0.1) is 5.92 Å². The molecule has 0 bridgehead atoms. The summed E-state index contributed by atoms with van der Waals surface area (Å²) < 4.78 is 2.03. The van der Waals surface area contributed by atoms with Gasteiger partial charge in [0.25, 0.3) is 5.91 Å². The summed E-state index contributed by atoms with van der Waals surface area (Å²) in [7, 11) is 1.83. The van der Waals surface area contributed by atoms with Crippen LogP contribution in [0.4, 0.5) is 11.6 Å². The lowest BCUT2D eigenvalue weighted by Crippen LogP contribution is -2.27. The predicted molar refractivity (Wildman–Crippen MR) is 169 cm³/mol. The molecule has 3 aliphatic rings. The Labute approximate surface area is 254 Å². The maximum atomic E-state index is 13.4. The van der Waals surface area contributed by atoms with Gasteiger partial charge in [-0.15, -0.1) is 0 Å². The highest BCUT2D eigenvalue weighted by Crippen LogP contribution is 2.30. The number of anilines is 2. The van der Waals surface area contributed by atoms with Gasteiger partial charge in [-0.3, -0.25) is 24.6 Å². The summed E-state index contributed by atoms with van der Waals surface area (Å²) in [4.78, 5) is 49.5. The molecular formula is C34H44N6O3. The van der Waals surface area contributed by atoms with Gasteiger partial charge in [0.1, 0.15) is 0 Å². The first kappa shape index (κ1) is 29.4. The van der Waals surface area contributed by atoms with Crippen molar-refractivity contribution in [3.05, 3.63) is 53.6 Å². The highest BCUT2D eigenvalue weighted by Gasteiger charge is 2.23. The summed E-state index contributed by atoms with van der Waals surface area (Å²) in [5.41, 5.74) is 4.22. The Morgan fingerprint density at radius 2 is 1.72 bits per heavy atom. The highest BCUT2D eigenvalue weighted by molar-refractivity contribution is 6.04. The Kier molecular flexibility index (Phi) is 9.07. The number of aryl methyl sites for hydroxylation is 1. The number of aromatic nitrogens is 2. The molecule has 1 aliphatic carbocycles. The molecule has 1 saturated carbocycles. The molecule has 6 rings (SSSR count). The minimum Gasteiger partial charge on any atom is -0.343 e. The molecule has 228 valence electrons. The van der Waals surface area contributed by atoms with Crippen LogP contribution in [0.25, 0.3) is 11.0 Å². The van der Waals surface area contributed by atoms with Gasteiger partial charge in [-0.1, -0.05) is 25.0 Å². The monoisotopic (exact) mass is 584 g/mol. The van der Waals surface area contributed by atoms with Crippen LogP contribution < -0.4 is 10.2 Å². The number of carbonyl (C=O) groups excluding carboxylic acids is 3. The molecule has 0 radical (unpaired) electrons. The van der Waals surface area contributed by atoms with Crippen LogP contribution >= 0.6 is 0 Å². The smallest absolute Gasteiger partial charge is 0.257 e. The summed E-state index contributed by atoms with van der Waals surface area (Å²) in [5, 5.41) is 3.06. The largest absolute Gasteiger partial charge is 0.343 e. The van der Waals surface area contributed by atoms with Crippen molar-refractivity contribution in [1.29, 1.82) is 0 Å². The van der Waals surface area contributed by atoms with E-state index >= 15 is 0 Å². The van der Waals surface area contributed by atoms with Crippen LogP contribution in [0.15, 0.2) is 42.5 Å². The maximum absolute atomic E-state index is 13.4. The van der Waals surface area contributed by atoms with Crippen molar-refractivity contribution in [1.82, 2.24) is 19.4 Å². The van der Waals surface area contributed by atoms with Crippen LogP contribution in [-0.4, -0.2) is 70.3 Å². The Bertz CT molecular complexity index is 1450. The number of benzene rings is 2. The van der Waals surface area contributed by atoms with E-state index in [0.717, 1.165) is 68.6 Å². The second-order valence-electron chi connectivity index (χ2n) is 12.5. The number of hydrogen-bond donors (Lipinski definition) is 1. The molecular weight excluding hydrogens is 540 g/mol. The molecule has 3 fully saturated rings. The van der Waals surface area contributed by atoms with Gasteiger partial charge in [-0.25, -0.2) is 4.98 Å². The van der Waals surface area contributed by atoms with Crippen molar-refractivity contribution in [3.8, 4) is 0 Å². The fourth-order valence-electron chi connectivity index (χ4n) is 6.89. The summed E-state index contributed by atoms with van der Waals surface area (Å²) >= 11 is 0. The molecule has 1 aromatic heterocycles. The van der Waals surface area contributed by atoms with Crippen molar-refractivity contribution in [3.63, 3.8) is 0 Å². The first-order chi connectivity index (χ1) is 20.9. The van der Waals surface area contributed by atoms with Gasteiger partial charge in [0.2, 0.25) is 17.8 Å². The third-order valence-corrected chi connectivity index (χ3v) is 9.46. The van der Waals surface area contributed by atoms with E-state index in [1.807, 2.05) is 59.0 Å². The van der Waals surface area contributed by atoms with Crippen LogP contribution in [0.5, 0.6) is 0 Å². The molecule has 3 amide bonds. The first-order valence-electron chi connectivity index (χ1n) is 16.1. The fraction of sp³-hybridized carbons (Fsp3) is 0.529. The second kappa shape index (κ2) is 13.3. The van der Waals surface area contributed by atoms with Gasteiger partial charge >= 0.3 is 0 Å². The zero-order chi connectivity index (χ0) is 29.8. The molecule has 3 aromatic rings. The lowest BCUT2D eigenvalue weighted by Gasteiger charge is -2.19. The molecule has 2 saturated heterocycles. The Morgan fingerprint density at radius 3 is 2.44 bits per heavy atom. The van der Waals surface area contributed by atoms with Crippen molar-refractivity contribution in [2.75, 3.05) is 43.4 Å². The standard InChI is InChI=1S/C34H44N6O3/c1-37(32(42)22-25-8-2-3-9-25)28-15-16-30-29(23-28)35-34(40(30)21-7-20-39-19-6-10-31(39)41)36-33(43)27-13-11-26(12-14-27)24-38-17-4-5-18-38/h11-16,23,25H,2-10,17-22,24H2,1H3,(H,35,36,43). The van der Waals surface area contributed by atoms with E-state index in [9.17, 15) is 14.4 Å². The molecule has 0 unspecified atom stereocenters. The summed E-state index contributed by atoms with van der Waals surface area (Å²) in [6, 6.07) is 13.7. The molecule has 2 aliphatic heterocycles. The minimum atomic E-state index is -0.205. The third kappa shape index (κ3) is 6.93. The fourth-order valence-corrected chi connectivity index (χ4v) is 6.89. The van der Waals surface area contributed by atoms with E-state index in [1.165, 1.54) is 31.2 Å². The number of nitrogens with zero attached hydrogens (tertiary/aromatic N) is 5. The first-order valence-corrected chi connectivity index (χ1v) is 16.1. The van der Waals surface area contributed by atoms with Crippen LogP contribution in [0.3, 0.4) is 0 Å². The average molecular weight is 585 g/mol. The van der Waals surface area contributed by atoms with Crippen molar-refractivity contribution in [2.45, 2.75) is 77.3 Å². The van der Waals surface area contributed by atoms with E-state index in [2.05, 4.69) is 10.2 Å². The topological polar surface area (TPSA) is 90.8 Å². The number of rotatable bonds is 11. The zero-order valence-electron chi connectivity index (χ0n) is 25.4. The van der Waals surface area contributed by atoms with E-state index in [1.54, 1.807) is 4.90 Å². The molecule has 1 N–H and O–H groups in total. The summed E-state index contributed by atoms with van der Waals surface area (Å²) in [5.74, 6) is 1.10. The Balaban J connectivity index is 1.20. The average Bonchev–Trinajstić information content (AvgIpc) is 3.83. The maximum Gasteiger partial charge on any atom is 0.257 e. The van der Waals surface area contributed by atoms with E-state index in [0.29, 0.717) is 43.4 Å². The van der Waals surface area contributed by atoms with Crippen molar-refractivity contribution in [2.24, 2.45) is 5.92 Å². The number of amides is 3. The Morgan fingerprint density at radius 1 is 0.953 bits per heavy atom. The summed E-state index contributed by atoms with van der Waals surface area (Å²) in [6.45, 7) is 5.29. The van der Waals surface area contributed by atoms with Gasteiger partial charge < -0.3 is 14.4 Å². The van der Waals surface area contributed by atoms with Gasteiger partial charge in [-0.05, 0) is 93.4 Å². The molecule has 43 heavy (non-hydrogen) atoms. The van der Waals surface area contributed by atoms with Gasteiger partial charge in [0.15, 0.2) is 0 Å². The van der Waals surface area contributed by atoms with Gasteiger partial charge in [-0.2, -0.15) is 0 Å². The highest BCUT2D eigenvalue weighted by atomic mass is 16.2. The molecule has 9 nitrogen and oxygen atoms in total. The van der Waals surface area contributed by atoms with E-state index in [-0.39, 0.29) is 17.7 Å². The minimum absolute atomic E-state index is 0.127. The molecule has 3 heterocycles. The van der Waals surface area contributed by atoms with Crippen molar-refractivity contribution < 1.29 is 14.4 Å². The third-order valence-electron chi connectivity index (χ3n) is 9.46. The lowest BCUT2D eigenvalue weighted by atomic mass is 10.0. The second-order valence-corrected chi connectivity index (χ2v) is 12.5. The Hall–Kier alpha value is -3.72. The number of fused-ring (bicyclic) bond motifs is 1. The number of likely N-dealkylation sites (tertiary alicyclic amines) is 2. The van der Waals surface area contributed by atoms with Crippen LogP contribution in [0.2, 0.25) is 0 Å². The number of carbonyl (C=O) groups is 3. The normalized spacial score (nSPS) is 17.8. The molecule has 0 atom stereocenters. The van der Waals surface area contributed by atoms with Crippen LogP contribution in [0.1, 0.15) is 80.1 Å². The molecule has 0 spiro atoms. The quantitative estimate of drug-likeness (QED) is 0.324. The SMILES string of the molecule is CN(C(=O)CC1CCCC1)c1ccc2c(c1)nc(NC(=O)c1ccc(CN3CCCC3)cc1)n2CCCN1CCCC1=O. The number of imidazole rings is 1.